The van der Waals surface area contributed by atoms with E-state index < -0.39 is 0 Å². The first kappa shape index (κ1) is 21.4. The van der Waals surface area contributed by atoms with Gasteiger partial charge >= 0.3 is 0 Å². The van der Waals surface area contributed by atoms with Crippen LogP contribution in [0.25, 0.3) is 0 Å². The van der Waals surface area contributed by atoms with Gasteiger partial charge in [-0.05, 0) is 26.0 Å². The van der Waals surface area contributed by atoms with Crippen LogP contribution >= 0.6 is 35.3 Å². The molecule has 0 aliphatic rings. The number of aryl methyl sites for hydroxylation is 2. The number of hydrogen-bond donors (Lipinski definition) is 3. The molecule has 136 valence electrons. The number of amides is 1. The number of halogens is 1. The molecule has 3 N–H and O–H groups in total. The van der Waals surface area contributed by atoms with Crippen molar-refractivity contribution in [2.45, 2.75) is 20.3 Å². The molecular weight excluding hydrogens is 449 g/mol. The minimum atomic E-state index is -0.115. The second kappa shape index (κ2) is 11.0. The highest BCUT2D eigenvalue weighted by molar-refractivity contribution is 14.0. The third-order valence-corrected chi connectivity index (χ3v) is 4.53. The molecule has 0 saturated carbocycles. The summed E-state index contributed by atoms with van der Waals surface area (Å²) >= 11 is 1.72. The number of rotatable bonds is 6. The van der Waals surface area contributed by atoms with Crippen molar-refractivity contribution in [3.63, 3.8) is 0 Å². The Morgan fingerprint density at radius 2 is 1.92 bits per heavy atom. The van der Waals surface area contributed by atoms with Crippen LogP contribution in [0, 0.1) is 13.8 Å². The molecule has 2 aromatic rings. The maximum atomic E-state index is 11.9. The number of nitrogens with zero attached hydrogens (tertiary/aromatic N) is 2. The van der Waals surface area contributed by atoms with Crippen molar-refractivity contribution in [1.82, 2.24) is 15.6 Å². The van der Waals surface area contributed by atoms with Gasteiger partial charge in [0.15, 0.2) is 5.96 Å². The van der Waals surface area contributed by atoms with E-state index in [9.17, 15) is 4.79 Å². The molecular formula is C17H24IN5OS. The van der Waals surface area contributed by atoms with Gasteiger partial charge in [-0.1, -0.05) is 18.2 Å². The number of guanidine groups is 1. The van der Waals surface area contributed by atoms with E-state index in [4.69, 9.17) is 0 Å². The zero-order valence-electron chi connectivity index (χ0n) is 14.6. The number of anilines is 1. The zero-order chi connectivity index (χ0) is 17.4. The Hall–Kier alpha value is -1.68. The highest BCUT2D eigenvalue weighted by atomic mass is 127. The molecule has 25 heavy (non-hydrogen) atoms. The van der Waals surface area contributed by atoms with E-state index in [-0.39, 0.29) is 36.4 Å². The lowest BCUT2D eigenvalue weighted by Crippen LogP contribution is -2.42. The average molecular weight is 473 g/mol. The molecule has 0 bridgehead atoms. The van der Waals surface area contributed by atoms with Gasteiger partial charge in [-0.2, -0.15) is 0 Å². The van der Waals surface area contributed by atoms with Gasteiger partial charge in [0.05, 0.1) is 17.2 Å². The van der Waals surface area contributed by atoms with Crippen LogP contribution in [-0.4, -0.2) is 37.0 Å². The van der Waals surface area contributed by atoms with Crippen LogP contribution in [0.15, 0.2) is 35.3 Å². The van der Waals surface area contributed by atoms with E-state index in [1.54, 1.807) is 18.4 Å². The van der Waals surface area contributed by atoms with Gasteiger partial charge in [-0.25, -0.2) is 4.98 Å². The molecule has 0 radical (unpaired) electrons. The van der Waals surface area contributed by atoms with Crippen molar-refractivity contribution < 1.29 is 4.79 Å². The highest BCUT2D eigenvalue weighted by Gasteiger charge is 2.06. The van der Waals surface area contributed by atoms with Crippen molar-refractivity contribution in [3.8, 4) is 0 Å². The summed E-state index contributed by atoms with van der Waals surface area (Å²) in [5, 5.41) is 10.1. The van der Waals surface area contributed by atoms with E-state index in [1.807, 2.05) is 37.3 Å². The van der Waals surface area contributed by atoms with Gasteiger partial charge in [-0.15, -0.1) is 35.3 Å². The fourth-order valence-corrected chi connectivity index (χ4v) is 2.98. The largest absolute Gasteiger partial charge is 0.356 e. The van der Waals surface area contributed by atoms with Crippen LogP contribution in [0.1, 0.15) is 15.6 Å². The number of nitrogens with one attached hydrogen (secondary N) is 3. The molecule has 6 nitrogen and oxygen atoms in total. The van der Waals surface area contributed by atoms with Crippen molar-refractivity contribution in [2.24, 2.45) is 4.99 Å². The Labute approximate surface area is 169 Å². The van der Waals surface area contributed by atoms with Crippen molar-refractivity contribution in [2.75, 3.05) is 25.5 Å². The van der Waals surface area contributed by atoms with E-state index in [2.05, 4.69) is 32.9 Å². The summed E-state index contributed by atoms with van der Waals surface area (Å²) in [5.74, 6) is 0.485. The Morgan fingerprint density at radius 3 is 2.52 bits per heavy atom. The maximum Gasteiger partial charge on any atom is 0.243 e. The summed E-state index contributed by atoms with van der Waals surface area (Å²) in [5.41, 5.74) is 1.87. The molecule has 1 amide bonds. The second-order valence-corrected chi connectivity index (χ2v) is 6.55. The molecule has 0 aliphatic heterocycles. The number of aliphatic imine (C=N–C) groups is 1. The number of para-hydroxylation sites is 1. The number of thiazole rings is 1. The predicted molar refractivity (Wildman–Crippen MR) is 115 cm³/mol. The summed E-state index contributed by atoms with van der Waals surface area (Å²) in [6.07, 6.45) is 0.830. The quantitative estimate of drug-likeness (QED) is 0.343. The number of aromatic nitrogens is 1. The lowest BCUT2D eigenvalue weighted by molar-refractivity contribution is -0.115. The molecule has 0 fully saturated rings. The SMILES string of the molecule is CN=C(NCCc1nc(C)c(C)s1)NCC(=O)Nc1ccccc1.I. The van der Waals surface area contributed by atoms with Crippen LogP contribution < -0.4 is 16.0 Å². The van der Waals surface area contributed by atoms with Gasteiger partial charge < -0.3 is 16.0 Å². The minimum Gasteiger partial charge on any atom is -0.356 e. The molecule has 0 unspecified atom stereocenters. The minimum absolute atomic E-state index is 0. The van der Waals surface area contributed by atoms with Gasteiger partial charge in [0.25, 0.3) is 0 Å². The lowest BCUT2D eigenvalue weighted by atomic mass is 10.3. The number of carbonyl (C=O) groups is 1. The zero-order valence-corrected chi connectivity index (χ0v) is 17.8. The standard InChI is InChI=1S/C17H23N5OS.HI/c1-12-13(2)24-16(21-12)9-10-19-17(18-3)20-11-15(23)22-14-7-5-4-6-8-14;/h4-8H,9-11H2,1-3H3,(H,22,23)(H2,18,19,20);1H. The van der Waals surface area contributed by atoms with Gasteiger partial charge in [0.1, 0.15) is 0 Å². The predicted octanol–water partition coefficient (Wildman–Crippen LogP) is 2.72. The maximum absolute atomic E-state index is 11.9. The van der Waals surface area contributed by atoms with Crippen molar-refractivity contribution in [3.05, 3.63) is 45.9 Å². The Bertz CT molecular complexity index is 683. The average Bonchev–Trinajstić information content (AvgIpc) is 2.89. The van der Waals surface area contributed by atoms with Crippen molar-refractivity contribution >= 4 is 52.9 Å². The van der Waals surface area contributed by atoms with Gasteiger partial charge in [0, 0.05) is 30.6 Å². The van der Waals surface area contributed by atoms with E-state index >= 15 is 0 Å². The number of benzene rings is 1. The topological polar surface area (TPSA) is 78.4 Å². The summed E-state index contributed by atoms with van der Waals surface area (Å²) in [6, 6.07) is 9.37. The van der Waals surface area contributed by atoms with Crippen LogP contribution in [0.3, 0.4) is 0 Å². The van der Waals surface area contributed by atoms with E-state index in [0.29, 0.717) is 12.5 Å². The Morgan fingerprint density at radius 1 is 1.20 bits per heavy atom. The van der Waals surface area contributed by atoms with E-state index in [1.165, 1.54) is 4.88 Å². The molecule has 0 aliphatic carbocycles. The number of hydrogen-bond acceptors (Lipinski definition) is 4. The third kappa shape index (κ3) is 7.39. The molecule has 0 saturated heterocycles. The smallest absolute Gasteiger partial charge is 0.243 e. The molecule has 1 heterocycles. The van der Waals surface area contributed by atoms with E-state index in [0.717, 1.165) is 22.8 Å². The first-order chi connectivity index (χ1) is 11.6. The van der Waals surface area contributed by atoms with Gasteiger partial charge in [-0.3, -0.25) is 9.79 Å². The molecule has 8 heteroatoms. The molecule has 2 rings (SSSR count). The van der Waals surface area contributed by atoms with Crippen LogP contribution in [-0.2, 0) is 11.2 Å². The molecule has 0 spiro atoms. The first-order valence-electron chi connectivity index (χ1n) is 7.81. The van der Waals surface area contributed by atoms with Crippen LogP contribution in [0.5, 0.6) is 0 Å². The Balaban J connectivity index is 0.00000312. The fourth-order valence-electron chi connectivity index (χ4n) is 2.05. The summed E-state index contributed by atoms with van der Waals surface area (Å²) in [6.45, 7) is 4.97. The Kier molecular flexibility index (Phi) is 9.43. The first-order valence-corrected chi connectivity index (χ1v) is 8.62. The second-order valence-electron chi connectivity index (χ2n) is 5.27. The van der Waals surface area contributed by atoms with Crippen molar-refractivity contribution in [1.29, 1.82) is 0 Å². The number of carbonyl (C=O) groups excluding carboxylic acids is 1. The van der Waals surface area contributed by atoms with Gasteiger partial charge in [0.2, 0.25) is 5.91 Å². The monoisotopic (exact) mass is 473 g/mol. The molecule has 0 atom stereocenters. The van der Waals surface area contributed by atoms with Crippen LogP contribution in [0.4, 0.5) is 5.69 Å². The molecule has 1 aromatic carbocycles. The third-order valence-electron chi connectivity index (χ3n) is 3.40. The summed E-state index contributed by atoms with van der Waals surface area (Å²) in [7, 11) is 1.68. The molecule has 1 aromatic heterocycles. The summed E-state index contributed by atoms with van der Waals surface area (Å²) < 4.78 is 0. The normalized spacial score (nSPS) is 10.8. The summed E-state index contributed by atoms with van der Waals surface area (Å²) in [4.78, 5) is 21.8. The van der Waals surface area contributed by atoms with Crippen LogP contribution in [0.2, 0.25) is 0 Å². The lowest BCUT2D eigenvalue weighted by Gasteiger charge is -2.11. The highest BCUT2D eigenvalue weighted by Crippen LogP contribution is 2.16. The fraction of sp³-hybridized carbons (Fsp3) is 0.353.